The van der Waals surface area contributed by atoms with Crippen LogP contribution in [-0.4, -0.2) is 36.5 Å². The van der Waals surface area contributed by atoms with Gasteiger partial charge in [-0.3, -0.25) is 4.79 Å². The lowest BCUT2D eigenvalue weighted by Gasteiger charge is -2.27. The number of rotatable bonds is 7. The molecule has 1 heterocycles. The van der Waals surface area contributed by atoms with Gasteiger partial charge < -0.3 is 10.2 Å². The van der Waals surface area contributed by atoms with Gasteiger partial charge in [0.15, 0.2) is 0 Å². The maximum absolute atomic E-state index is 12.0. The lowest BCUT2D eigenvalue weighted by molar-refractivity contribution is -0.131. The molecule has 0 aromatic carbocycles. The van der Waals surface area contributed by atoms with Crippen molar-refractivity contribution in [3.05, 3.63) is 0 Å². The fourth-order valence-corrected chi connectivity index (χ4v) is 2.39. The minimum Gasteiger partial charge on any atom is -0.342 e. The van der Waals surface area contributed by atoms with Crippen molar-refractivity contribution in [2.24, 2.45) is 0 Å². The lowest BCUT2D eigenvalue weighted by Crippen LogP contribution is -2.43. The fraction of sp³-hybridized carbons (Fsp3) is 0.929. The summed E-state index contributed by atoms with van der Waals surface area (Å²) in [5.41, 5.74) is 0. The molecule has 1 atom stereocenters. The van der Waals surface area contributed by atoms with Gasteiger partial charge in [0.25, 0.3) is 0 Å². The van der Waals surface area contributed by atoms with Crippen molar-refractivity contribution in [2.75, 3.05) is 19.6 Å². The monoisotopic (exact) mass is 240 g/mol. The highest BCUT2D eigenvalue weighted by Crippen LogP contribution is 2.09. The van der Waals surface area contributed by atoms with Crippen molar-refractivity contribution >= 4 is 5.91 Å². The molecule has 0 saturated carbocycles. The van der Waals surface area contributed by atoms with Gasteiger partial charge in [-0.05, 0) is 32.1 Å². The molecule has 0 aromatic heterocycles. The minimum absolute atomic E-state index is 0.291. The summed E-state index contributed by atoms with van der Waals surface area (Å²) in [6, 6.07) is 0.517. The van der Waals surface area contributed by atoms with Crippen LogP contribution in [0.2, 0.25) is 0 Å². The Morgan fingerprint density at radius 3 is 2.53 bits per heavy atom. The molecule has 100 valence electrons. The molecule has 1 rings (SSSR count). The highest BCUT2D eigenvalue weighted by atomic mass is 16.2. The molecule has 0 bridgehead atoms. The van der Waals surface area contributed by atoms with Crippen LogP contribution < -0.4 is 5.32 Å². The van der Waals surface area contributed by atoms with E-state index in [1.807, 2.05) is 4.90 Å². The van der Waals surface area contributed by atoms with Crippen LogP contribution in [0.5, 0.6) is 0 Å². The Balaban J connectivity index is 2.20. The summed E-state index contributed by atoms with van der Waals surface area (Å²) in [6.07, 6.45) is 8.44. The number of carbonyl (C=O) groups is 1. The second-order valence-electron chi connectivity index (χ2n) is 5.07. The molecule has 0 radical (unpaired) electrons. The van der Waals surface area contributed by atoms with Crippen LogP contribution in [0, 0.1) is 0 Å². The summed E-state index contributed by atoms with van der Waals surface area (Å²) in [4.78, 5) is 14.0. The molecule has 3 heteroatoms. The average Bonchev–Trinajstić information content (AvgIpc) is 2.39. The topological polar surface area (TPSA) is 32.3 Å². The molecule has 0 aliphatic carbocycles. The SMILES string of the molecule is CCCCC(CC)NCC(=O)N1CCCCC1. The summed E-state index contributed by atoms with van der Waals surface area (Å²) in [6.45, 7) is 6.87. The summed E-state index contributed by atoms with van der Waals surface area (Å²) in [5.74, 6) is 0.291. The van der Waals surface area contributed by atoms with Gasteiger partial charge in [-0.25, -0.2) is 0 Å². The van der Waals surface area contributed by atoms with Crippen molar-refractivity contribution in [3.8, 4) is 0 Å². The maximum Gasteiger partial charge on any atom is 0.236 e. The number of nitrogens with zero attached hydrogens (tertiary/aromatic N) is 1. The van der Waals surface area contributed by atoms with Crippen LogP contribution in [0.3, 0.4) is 0 Å². The number of unbranched alkanes of at least 4 members (excludes halogenated alkanes) is 1. The third kappa shape index (κ3) is 5.53. The molecular weight excluding hydrogens is 212 g/mol. The highest BCUT2D eigenvalue weighted by Gasteiger charge is 2.16. The number of likely N-dealkylation sites (tertiary alicyclic amines) is 1. The van der Waals surface area contributed by atoms with E-state index < -0.39 is 0 Å². The first-order chi connectivity index (χ1) is 8.27. The van der Waals surface area contributed by atoms with Crippen molar-refractivity contribution < 1.29 is 4.79 Å². The Morgan fingerprint density at radius 2 is 1.94 bits per heavy atom. The van der Waals surface area contributed by atoms with E-state index in [-0.39, 0.29) is 0 Å². The first-order valence-electron chi connectivity index (χ1n) is 7.29. The van der Waals surface area contributed by atoms with Crippen LogP contribution in [0.25, 0.3) is 0 Å². The zero-order valence-corrected chi connectivity index (χ0v) is 11.5. The van der Waals surface area contributed by atoms with Gasteiger partial charge >= 0.3 is 0 Å². The molecule has 1 aliphatic heterocycles. The number of carbonyl (C=O) groups excluding carboxylic acids is 1. The van der Waals surface area contributed by atoms with E-state index in [0.717, 1.165) is 19.5 Å². The smallest absolute Gasteiger partial charge is 0.236 e. The zero-order chi connectivity index (χ0) is 12.5. The number of hydrogen-bond donors (Lipinski definition) is 1. The summed E-state index contributed by atoms with van der Waals surface area (Å²) in [7, 11) is 0. The molecule has 1 saturated heterocycles. The number of nitrogens with one attached hydrogen (secondary N) is 1. The van der Waals surface area contributed by atoms with Crippen molar-refractivity contribution in [1.82, 2.24) is 10.2 Å². The van der Waals surface area contributed by atoms with E-state index in [1.54, 1.807) is 0 Å². The summed E-state index contributed by atoms with van der Waals surface area (Å²) in [5, 5.41) is 3.41. The molecule has 1 amide bonds. The first-order valence-corrected chi connectivity index (χ1v) is 7.29. The summed E-state index contributed by atoms with van der Waals surface area (Å²) >= 11 is 0. The number of amides is 1. The summed E-state index contributed by atoms with van der Waals surface area (Å²) < 4.78 is 0. The van der Waals surface area contributed by atoms with E-state index in [1.165, 1.54) is 38.5 Å². The third-order valence-corrected chi connectivity index (χ3v) is 3.65. The Labute approximate surface area is 106 Å². The van der Waals surface area contributed by atoms with Gasteiger partial charge in [-0.2, -0.15) is 0 Å². The molecule has 0 aromatic rings. The van der Waals surface area contributed by atoms with Crippen LogP contribution in [0.1, 0.15) is 58.8 Å². The first kappa shape index (κ1) is 14.5. The maximum atomic E-state index is 12.0. The van der Waals surface area contributed by atoms with Gasteiger partial charge in [-0.15, -0.1) is 0 Å². The van der Waals surface area contributed by atoms with Crippen molar-refractivity contribution in [3.63, 3.8) is 0 Å². The third-order valence-electron chi connectivity index (χ3n) is 3.65. The molecule has 1 unspecified atom stereocenters. The van der Waals surface area contributed by atoms with E-state index in [4.69, 9.17) is 0 Å². The van der Waals surface area contributed by atoms with Crippen LogP contribution in [0.4, 0.5) is 0 Å². The second-order valence-corrected chi connectivity index (χ2v) is 5.07. The van der Waals surface area contributed by atoms with Crippen molar-refractivity contribution in [2.45, 2.75) is 64.8 Å². The zero-order valence-electron chi connectivity index (χ0n) is 11.5. The number of hydrogen-bond acceptors (Lipinski definition) is 2. The molecule has 3 nitrogen and oxygen atoms in total. The molecule has 1 fully saturated rings. The highest BCUT2D eigenvalue weighted by molar-refractivity contribution is 5.78. The quantitative estimate of drug-likeness (QED) is 0.742. The Kier molecular flexibility index (Phi) is 7.25. The molecule has 17 heavy (non-hydrogen) atoms. The van der Waals surface area contributed by atoms with Crippen molar-refractivity contribution in [1.29, 1.82) is 0 Å². The van der Waals surface area contributed by atoms with E-state index >= 15 is 0 Å². The number of piperidine rings is 1. The van der Waals surface area contributed by atoms with Gasteiger partial charge in [-0.1, -0.05) is 26.7 Å². The van der Waals surface area contributed by atoms with Crippen LogP contribution in [-0.2, 0) is 4.79 Å². The predicted molar refractivity (Wildman–Crippen MR) is 72.0 cm³/mol. The molecule has 1 N–H and O–H groups in total. The predicted octanol–water partition coefficient (Wildman–Crippen LogP) is 2.56. The average molecular weight is 240 g/mol. The molecular formula is C14H28N2O. The molecule has 1 aliphatic rings. The Hall–Kier alpha value is -0.570. The van der Waals surface area contributed by atoms with Gasteiger partial charge in [0.2, 0.25) is 5.91 Å². The second kappa shape index (κ2) is 8.51. The lowest BCUT2D eigenvalue weighted by atomic mass is 10.1. The molecule has 0 spiro atoms. The Morgan fingerprint density at radius 1 is 1.24 bits per heavy atom. The normalized spacial score (nSPS) is 18.1. The minimum atomic E-state index is 0.291. The van der Waals surface area contributed by atoms with Crippen LogP contribution >= 0.6 is 0 Å². The largest absolute Gasteiger partial charge is 0.342 e. The van der Waals surface area contributed by atoms with E-state index in [9.17, 15) is 4.79 Å². The Bertz CT molecular complexity index is 212. The fourth-order valence-electron chi connectivity index (χ4n) is 2.39. The van der Waals surface area contributed by atoms with Gasteiger partial charge in [0.05, 0.1) is 6.54 Å². The van der Waals surface area contributed by atoms with E-state index in [2.05, 4.69) is 19.2 Å². The van der Waals surface area contributed by atoms with E-state index in [0.29, 0.717) is 18.5 Å². The standard InChI is InChI=1S/C14H28N2O/c1-3-5-9-13(4-2)15-12-14(17)16-10-7-6-8-11-16/h13,15H,3-12H2,1-2H3. The van der Waals surface area contributed by atoms with Gasteiger partial charge in [0.1, 0.15) is 0 Å². The van der Waals surface area contributed by atoms with Gasteiger partial charge in [0, 0.05) is 19.1 Å². The van der Waals surface area contributed by atoms with Crippen LogP contribution in [0.15, 0.2) is 0 Å².